The van der Waals surface area contributed by atoms with Crippen LogP contribution >= 0.6 is 11.3 Å². The second-order valence-electron chi connectivity index (χ2n) is 4.56. The lowest BCUT2D eigenvalue weighted by molar-refractivity contribution is 0.0976. The zero-order valence-corrected chi connectivity index (χ0v) is 12.3. The fourth-order valence-electron chi connectivity index (χ4n) is 1.89. The number of thiazole rings is 1. The number of aryl methyl sites for hydroxylation is 1. The molecule has 0 fully saturated rings. The number of hydrogen-bond donors (Lipinski definition) is 0. The van der Waals surface area contributed by atoms with Crippen molar-refractivity contribution in [2.75, 3.05) is 7.11 Å². The number of methoxy groups -OCH3 is 1. The first-order valence-electron chi connectivity index (χ1n) is 6.08. The van der Waals surface area contributed by atoms with Gasteiger partial charge in [-0.1, -0.05) is 0 Å². The number of hydrogen-bond acceptors (Lipinski definition) is 5. The SMILES string of the molecule is COc1cnn(C(C)C)c1C(=O)Cc1csc(C)n1. The normalized spacial score (nSPS) is 11.0. The number of rotatable bonds is 5. The Balaban J connectivity index is 2.29. The molecule has 0 aliphatic carbocycles. The molecule has 19 heavy (non-hydrogen) atoms. The molecule has 0 aliphatic heterocycles. The van der Waals surface area contributed by atoms with Gasteiger partial charge in [-0.15, -0.1) is 11.3 Å². The van der Waals surface area contributed by atoms with E-state index in [1.165, 1.54) is 0 Å². The summed E-state index contributed by atoms with van der Waals surface area (Å²) in [7, 11) is 1.55. The van der Waals surface area contributed by atoms with Crippen LogP contribution in [0.5, 0.6) is 5.75 Å². The molecular formula is C13H17N3O2S. The van der Waals surface area contributed by atoms with Gasteiger partial charge in [0, 0.05) is 11.4 Å². The third kappa shape index (κ3) is 2.84. The first-order valence-corrected chi connectivity index (χ1v) is 6.96. The molecule has 102 valence electrons. The molecule has 0 amide bonds. The van der Waals surface area contributed by atoms with Gasteiger partial charge in [-0.05, 0) is 20.8 Å². The molecular weight excluding hydrogens is 262 g/mol. The molecule has 0 saturated carbocycles. The van der Waals surface area contributed by atoms with Crippen molar-refractivity contribution in [3.05, 3.63) is 28.0 Å². The monoisotopic (exact) mass is 279 g/mol. The fourth-order valence-corrected chi connectivity index (χ4v) is 2.50. The molecule has 0 atom stereocenters. The van der Waals surface area contributed by atoms with Gasteiger partial charge in [0.25, 0.3) is 0 Å². The quantitative estimate of drug-likeness (QED) is 0.790. The molecule has 2 rings (SSSR count). The molecule has 5 nitrogen and oxygen atoms in total. The highest BCUT2D eigenvalue weighted by molar-refractivity contribution is 7.09. The molecule has 0 unspecified atom stereocenters. The molecule has 2 heterocycles. The van der Waals surface area contributed by atoms with Gasteiger partial charge < -0.3 is 4.74 Å². The van der Waals surface area contributed by atoms with Crippen LogP contribution < -0.4 is 4.74 Å². The maximum Gasteiger partial charge on any atom is 0.190 e. The average Bonchev–Trinajstić information content (AvgIpc) is 2.94. The summed E-state index contributed by atoms with van der Waals surface area (Å²) >= 11 is 1.55. The highest BCUT2D eigenvalue weighted by Gasteiger charge is 2.21. The summed E-state index contributed by atoms with van der Waals surface area (Å²) in [6.07, 6.45) is 1.86. The van der Waals surface area contributed by atoms with Crippen molar-refractivity contribution in [3.63, 3.8) is 0 Å². The number of ketones is 1. The molecule has 6 heteroatoms. The van der Waals surface area contributed by atoms with Crippen molar-refractivity contribution in [3.8, 4) is 5.75 Å². The lowest BCUT2D eigenvalue weighted by Crippen LogP contribution is -2.15. The topological polar surface area (TPSA) is 57.0 Å². The van der Waals surface area contributed by atoms with Crippen LogP contribution in [-0.2, 0) is 6.42 Å². The van der Waals surface area contributed by atoms with E-state index in [0.717, 1.165) is 10.7 Å². The van der Waals surface area contributed by atoms with Gasteiger partial charge in [-0.2, -0.15) is 5.10 Å². The Kier molecular flexibility index (Phi) is 3.99. The van der Waals surface area contributed by atoms with Gasteiger partial charge in [-0.3, -0.25) is 9.48 Å². The predicted octanol–water partition coefficient (Wildman–Crippen LogP) is 2.66. The summed E-state index contributed by atoms with van der Waals surface area (Å²) < 4.78 is 6.91. The van der Waals surface area contributed by atoms with Crippen LogP contribution in [0.3, 0.4) is 0 Å². The number of aromatic nitrogens is 3. The summed E-state index contributed by atoms with van der Waals surface area (Å²) in [5.41, 5.74) is 1.31. The van der Waals surface area contributed by atoms with E-state index >= 15 is 0 Å². The highest BCUT2D eigenvalue weighted by atomic mass is 32.1. The van der Waals surface area contributed by atoms with Crippen molar-refractivity contribution in [2.45, 2.75) is 33.2 Å². The average molecular weight is 279 g/mol. The predicted molar refractivity (Wildman–Crippen MR) is 74.0 cm³/mol. The van der Waals surface area contributed by atoms with Gasteiger partial charge >= 0.3 is 0 Å². The number of carbonyl (C=O) groups excluding carboxylic acids is 1. The number of Topliss-reactive ketones (excluding diaryl/α,β-unsaturated/α-hetero) is 1. The van der Waals surface area contributed by atoms with Crippen molar-refractivity contribution < 1.29 is 9.53 Å². The highest BCUT2D eigenvalue weighted by Crippen LogP contribution is 2.23. The molecule has 0 N–H and O–H groups in total. The minimum Gasteiger partial charge on any atom is -0.493 e. The lowest BCUT2D eigenvalue weighted by atomic mass is 10.1. The van der Waals surface area contributed by atoms with Gasteiger partial charge in [0.15, 0.2) is 11.5 Å². The lowest BCUT2D eigenvalue weighted by Gasteiger charge is -2.10. The fraction of sp³-hybridized carbons (Fsp3) is 0.462. The van der Waals surface area contributed by atoms with Crippen LogP contribution in [0, 0.1) is 6.92 Å². The second kappa shape index (κ2) is 5.52. The van der Waals surface area contributed by atoms with Gasteiger partial charge in [0.2, 0.25) is 0 Å². The number of ether oxygens (including phenoxy) is 1. The van der Waals surface area contributed by atoms with E-state index in [2.05, 4.69) is 10.1 Å². The van der Waals surface area contributed by atoms with Crippen LogP contribution in [0.2, 0.25) is 0 Å². The molecule has 2 aromatic heterocycles. The van der Waals surface area contributed by atoms with Crippen LogP contribution in [0.15, 0.2) is 11.6 Å². The standard InChI is InChI=1S/C13H17N3O2S/c1-8(2)16-13(12(18-4)6-14-16)11(17)5-10-7-19-9(3)15-10/h6-8H,5H2,1-4H3. The number of carbonyl (C=O) groups is 1. The van der Waals surface area contributed by atoms with E-state index in [9.17, 15) is 4.79 Å². The van der Waals surface area contributed by atoms with E-state index in [1.54, 1.807) is 29.3 Å². The molecule has 2 aromatic rings. The van der Waals surface area contributed by atoms with E-state index in [-0.39, 0.29) is 18.2 Å². The van der Waals surface area contributed by atoms with E-state index in [0.29, 0.717) is 11.4 Å². The zero-order chi connectivity index (χ0) is 14.0. The van der Waals surface area contributed by atoms with E-state index < -0.39 is 0 Å². The third-order valence-corrected chi connectivity index (χ3v) is 3.57. The molecule has 0 radical (unpaired) electrons. The van der Waals surface area contributed by atoms with Crippen LogP contribution in [0.4, 0.5) is 0 Å². The van der Waals surface area contributed by atoms with Gasteiger partial charge in [0.05, 0.1) is 30.4 Å². The van der Waals surface area contributed by atoms with Crippen LogP contribution in [0.1, 0.15) is 41.1 Å². The van der Waals surface area contributed by atoms with Gasteiger partial charge in [0.1, 0.15) is 5.69 Å². The molecule has 0 spiro atoms. The Labute approximate surface area is 116 Å². The molecule has 0 aliphatic rings. The largest absolute Gasteiger partial charge is 0.493 e. The molecule has 0 saturated heterocycles. The van der Waals surface area contributed by atoms with Crippen molar-refractivity contribution in [2.24, 2.45) is 0 Å². The van der Waals surface area contributed by atoms with Crippen LogP contribution in [0.25, 0.3) is 0 Å². The summed E-state index contributed by atoms with van der Waals surface area (Å²) in [5, 5.41) is 7.08. The Bertz CT molecular complexity index is 586. The maximum atomic E-state index is 12.4. The van der Waals surface area contributed by atoms with Crippen LogP contribution in [-0.4, -0.2) is 27.7 Å². The summed E-state index contributed by atoms with van der Waals surface area (Å²) in [6, 6.07) is 0.111. The minimum atomic E-state index is -0.0200. The summed E-state index contributed by atoms with van der Waals surface area (Å²) in [4.78, 5) is 16.7. The third-order valence-electron chi connectivity index (χ3n) is 2.74. The summed E-state index contributed by atoms with van der Waals surface area (Å²) in [5.74, 6) is 0.499. The first kappa shape index (κ1) is 13.7. The van der Waals surface area contributed by atoms with Crippen molar-refractivity contribution in [1.29, 1.82) is 0 Å². The first-order chi connectivity index (χ1) is 9.02. The van der Waals surface area contributed by atoms with Crippen molar-refractivity contribution in [1.82, 2.24) is 14.8 Å². The Hall–Kier alpha value is -1.69. The van der Waals surface area contributed by atoms with Crippen molar-refractivity contribution >= 4 is 17.1 Å². The second-order valence-corrected chi connectivity index (χ2v) is 5.62. The number of nitrogens with zero attached hydrogens (tertiary/aromatic N) is 3. The Morgan fingerprint density at radius 2 is 2.26 bits per heavy atom. The molecule has 0 aromatic carbocycles. The minimum absolute atomic E-state index is 0.0200. The summed E-state index contributed by atoms with van der Waals surface area (Å²) in [6.45, 7) is 5.89. The zero-order valence-electron chi connectivity index (χ0n) is 11.5. The smallest absolute Gasteiger partial charge is 0.190 e. The van der Waals surface area contributed by atoms with E-state index in [4.69, 9.17) is 4.74 Å². The maximum absolute atomic E-state index is 12.4. The Morgan fingerprint density at radius 3 is 2.79 bits per heavy atom. The Morgan fingerprint density at radius 1 is 1.53 bits per heavy atom. The van der Waals surface area contributed by atoms with E-state index in [1.807, 2.05) is 26.2 Å². The molecule has 0 bridgehead atoms. The van der Waals surface area contributed by atoms with Gasteiger partial charge in [-0.25, -0.2) is 4.98 Å².